The molecule has 0 heterocycles. The van der Waals surface area contributed by atoms with Crippen LogP contribution in [0.15, 0.2) is 0 Å². The van der Waals surface area contributed by atoms with Crippen molar-refractivity contribution in [1.29, 1.82) is 0 Å². The number of carbonyl (C=O) groups is 1. The van der Waals surface area contributed by atoms with Crippen molar-refractivity contribution in [2.24, 2.45) is 23.5 Å². The molecule has 0 aliphatic rings. The van der Waals surface area contributed by atoms with Gasteiger partial charge in [-0.3, -0.25) is 4.79 Å². The van der Waals surface area contributed by atoms with Gasteiger partial charge in [0.2, 0.25) is 0 Å². The zero-order valence-electron chi connectivity index (χ0n) is 8.08. The maximum atomic E-state index is 10.4. The largest absolute Gasteiger partial charge is 0.481 e. The van der Waals surface area contributed by atoms with Crippen molar-refractivity contribution in [2.75, 3.05) is 6.54 Å². The number of carboxylic acids is 1. The number of hydrogen-bond donors (Lipinski definition) is 2. The molecule has 0 saturated heterocycles. The summed E-state index contributed by atoms with van der Waals surface area (Å²) < 4.78 is 0. The van der Waals surface area contributed by atoms with Crippen molar-refractivity contribution in [3.8, 4) is 0 Å². The van der Waals surface area contributed by atoms with Gasteiger partial charge in [0.05, 0.1) is 0 Å². The van der Waals surface area contributed by atoms with E-state index in [0.29, 0.717) is 18.4 Å². The SMILES string of the molecule is CC(C)[C@H](C)[C@@H](CN)CC(=O)O. The van der Waals surface area contributed by atoms with Crippen molar-refractivity contribution < 1.29 is 9.90 Å². The van der Waals surface area contributed by atoms with Crippen LogP contribution in [0.2, 0.25) is 0 Å². The fourth-order valence-corrected chi connectivity index (χ4v) is 1.25. The molecule has 0 aromatic carbocycles. The van der Waals surface area contributed by atoms with Gasteiger partial charge in [-0.2, -0.15) is 0 Å². The quantitative estimate of drug-likeness (QED) is 0.659. The van der Waals surface area contributed by atoms with Gasteiger partial charge in [0, 0.05) is 6.42 Å². The van der Waals surface area contributed by atoms with Gasteiger partial charge < -0.3 is 10.8 Å². The van der Waals surface area contributed by atoms with E-state index in [1.54, 1.807) is 0 Å². The van der Waals surface area contributed by atoms with Crippen LogP contribution in [-0.2, 0) is 4.79 Å². The van der Waals surface area contributed by atoms with Gasteiger partial charge >= 0.3 is 5.97 Å². The Morgan fingerprint density at radius 2 is 1.92 bits per heavy atom. The maximum absolute atomic E-state index is 10.4. The van der Waals surface area contributed by atoms with Crippen molar-refractivity contribution in [2.45, 2.75) is 27.2 Å². The summed E-state index contributed by atoms with van der Waals surface area (Å²) in [6.45, 7) is 6.71. The zero-order valence-corrected chi connectivity index (χ0v) is 8.08. The van der Waals surface area contributed by atoms with Crippen molar-refractivity contribution in [1.82, 2.24) is 0 Å². The van der Waals surface area contributed by atoms with E-state index >= 15 is 0 Å². The van der Waals surface area contributed by atoms with Gasteiger partial charge in [-0.05, 0) is 24.3 Å². The predicted molar refractivity (Wildman–Crippen MR) is 48.8 cm³/mol. The highest BCUT2D eigenvalue weighted by atomic mass is 16.4. The summed E-state index contributed by atoms with van der Waals surface area (Å²) in [4.78, 5) is 10.4. The highest BCUT2D eigenvalue weighted by Gasteiger charge is 2.21. The smallest absolute Gasteiger partial charge is 0.303 e. The van der Waals surface area contributed by atoms with Crippen LogP contribution in [0, 0.1) is 17.8 Å². The molecule has 0 unspecified atom stereocenters. The van der Waals surface area contributed by atoms with Crippen LogP contribution < -0.4 is 5.73 Å². The number of rotatable bonds is 5. The molecule has 0 aliphatic carbocycles. The Labute approximate surface area is 74.0 Å². The first-order chi connectivity index (χ1) is 5.49. The highest BCUT2D eigenvalue weighted by molar-refractivity contribution is 5.67. The topological polar surface area (TPSA) is 63.3 Å². The Morgan fingerprint density at radius 3 is 2.17 bits per heavy atom. The standard InChI is InChI=1S/C9H19NO2/c1-6(2)7(3)8(5-10)4-9(11)12/h6-8H,4-5,10H2,1-3H3,(H,11,12)/t7-,8+/m0/s1. The maximum Gasteiger partial charge on any atom is 0.303 e. The number of aliphatic carboxylic acids is 1. The Balaban J connectivity index is 4.04. The van der Waals surface area contributed by atoms with Gasteiger partial charge in [0.25, 0.3) is 0 Å². The molecule has 0 aromatic heterocycles. The van der Waals surface area contributed by atoms with E-state index in [1.165, 1.54) is 0 Å². The normalized spacial score (nSPS) is 16.1. The molecule has 0 aliphatic heterocycles. The van der Waals surface area contributed by atoms with E-state index in [2.05, 4.69) is 20.8 Å². The average Bonchev–Trinajstić information content (AvgIpc) is 1.98. The van der Waals surface area contributed by atoms with Gasteiger partial charge in [0.15, 0.2) is 0 Å². The van der Waals surface area contributed by atoms with E-state index in [-0.39, 0.29) is 12.3 Å². The molecule has 0 rings (SSSR count). The zero-order chi connectivity index (χ0) is 9.72. The first-order valence-corrected chi connectivity index (χ1v) is 4.40. The van der Waals surface area contributed by atoms with E-state index < -0.39 is 5.97 Å². The molecule has 0 amide bonds. The minimum atomic E-state index is -0.752. The minimum Gasteiger partial charge on any atom is -0.481 e. The molecule has 3 heteroatoms. The van der Waals surface area contributed by atoms with Gasteiger partial charge in [-0.15, -0.1) is 0 Å². The van der Waals surface area contributed by atoms with Crippen LogP contribution >= 0.6 is 0 Å². The molecule has 0 spiro atoms. The van der Waals surface area contributed by atoms with Gasteiger partial charge in [-0.25, -0.2) is 0 Å². The fourth-order valence-electron chi connectivity index (χ4n) is 1.25. The third-order valence-electron chi connectivity index (χ3n) is 2.53. The summed E-state index contributed by atoms with van der Waals surface area (Å²) in [5.74, 6) is 0.240. The fraction of sp³-hybridized carbons (Fsp3) is 0.889. The van der Waals surface area contributed by atoms with Crippen LogP contribution in [0.5, 0.6) is 0 Å². The number of nitrogens with two attached hydrogens (primary N) is 1. The van der Waals surface area contributed by atoms with E-state index in [0.717, 1.165) is 0 Å². The molecule has 3 N–H and O–H groups in total. The van der Waals surface area contributed by atoms with Crippen LogP contribution in [0.1, 0.15) is 27.2 Å². The van der Waals surface area contributed by atoms with E-state index in [9.17, 15) is 4.79 Å². The molecule has 3 nitrogen and oxygen atoms in total. The molecule has 0 aromatic rings. The molecule has 0 radical (unpaired) electrons. The van der Waals surface area contributed by atoms with Crippen molar-refractivity contribution in [3.05, 3.63) is 0 Å². The molecule has 0 saturated carbocycles. The number of carboxylic acid groups (broad SMARTS) is 1. The second-order valence-electron chi connectivity index (χ2n) is 3.70. The molecule has 0 fully saturated rings. The first-order valence-electron chi connectivity index (χ1n) is 4.40. The average molecular weight is 173 g/mol. The summed E-state index contributed by atoms with van der Waals surface area (Å²) in [6, 6.07) is 0. The van der Waals surface area contributed by atoms with E-state index in [4.69, 9.17) is 10.8 Å². The Morgan fingerprint density at radius 1 is 1.42 bits per heavy atom. The molecular weight excluding hydrogens is 154 g/mol. The van der Waals surface area contributed by atoms with Gasteiger partial charge in [-0.1, -0.05) is 20.8 Å². The van der Waals surface area contributed by atoms with Crippen LogP contribution in [0.4, 0.5) is 0 Å². The van der Waals surface area contributed by atoms with Crippen molar-refractivity contribution in [3.63, 3.8) is 0 Å². The summed E-state index contributed by atoms with van der Waals surface area (Å²) in [6.07, 6.45) is 0.190. The Kier molecular flexibility index (Phi) is 4.90. The predicted octanol–water partition coefficient (Wildman–Crippen LogP) is 1.33. The molecule has 12 heavy (non-hydrogen) atoms. The summed E-state index contributed by atoms with van der Waals surface area (Å²) in [7, 11) is 0. The third kappa shape index (κ3) is 3.72. The lowest BCUT2D eigenvalue weighted by Gasteiger charge is -2.24. The lowest BCUT2D eigenvalue weighted by atomic mass is 9.83. The minimum absolute atomic E-state index is 0.113. The van der Waals surface area contributed by atoms with Crippen LogP contribution in [-0.4, -0.2) is 17.6 Å². The summed E-state index contributed by atoms with van der Waals surface area (Å²) in [5.41, 5.74) is 5.50. The molecule has 0 bridgehead atoms. The Hall–Kier alpha value is -0.570. The second kappa shape index (κ2) is 5.14. The summed E-state index contributed by atoms with van der Waals surface area (Å²) >= 11 is 0. The van der Waals surface area contributed by atoms with Crippen LogP contribution in [0.3, 0.4) is 0 Å². The Bertz CT molecular complexity index is 145. The van der Waals surface area contributed by atoms with Gasteiger partial charge in [0.1, 0.15) is 0 Å². The second-order valence-corrected chi connectivity index (χ2v) is 3.70. The first kappa shape index (κ1) is 11.4. The lowest BCUT2D eigenvalue weighted by molar-refractivity contribution is -0.138. The monoisotopic (exact) mass is 173 g/mol. The van der Waals surface area contributed by atoms with E-state index in [1.807, 2.05) is 0 Å². The van der Waals surface area contributed by atoms with Crippen LogP contribution in [0.25, 0.3) is 0 Å². The third-order valence-corrected chi connectivity index (χ3v) is 2.53. The molecule has 72 valence electrons. The summed E-state index contributed by atoms with van der Waals surface area (Å²) in [5, 5.41) is 8.59. The van der Waals surface area contributed by atoms with Crippen molar-refractivity contribution >= 4 is 5.97 Å². The molecular formula is C9H19NO2. The number of hydrogen-bond acceptors (Lipinski definition) is 2. The molecule has 2 atom stereocenters. The highest BCUT2D eigenvalue weighted by Crippen LogP contribution is 2.22. The lowest BCUT2D eigenvalue weighted by Crippen LogP contribution is -2.27.